The summed E-state index contributed by atoms with van der Waals surface area (Å²) in [4.78, 5) is 12.9. The van der Waals surface area contributed by atoms with Gasteiger partial charge in [-0.3, -0.25) is 9.69 Å². The van der Waals surface area contributed by atoms with E-state index in [1.165, 1.54) is 5.56 Å². The Kier molecular flexibility index (Phi) is 7.15. The highest BCUT2D eigenvalue weighted by Gasteiger charge is 2.17. The lowest BCUT2D eigenvalue weighted by Crippen LogP contribution is -2.36. The Hall–Kier alpha value is -1.39. The summed E-state index contributed by atoms with van der Waals surface area (Å²) in [5.74, 6) is -0.758. The van der Waals surface area contributed by atoms with Crippen molar-refractivity contribution in [1.82, 2.24) is 10.2 Å². The molecule has 1 aromatic rings. The van der Waals surface area contributed by atoms with Gasteiger partial charge in [-0.15, -0.1) is 0 Å². The number of aliphatic carboxylic acids is 1. The van der Waals surface area contributed by atoms with Crippen LogP contribution in [0, 0.1) is 0 Å². The van der Waals surface area contributed by atoms with Crippen LogP contribution in [0.4, 0.5) is 0 Å². The topological polar surface area (TPSA) is 52.6 Å². The van der Waals surface area contributed by atoms with E-state index >= 15 is 0 Å². The zero-order chi connectivity index (χ0) is 14.1. The minimum absolute atomic E-state index is 0.166. The molecule has 0 aliphatic carbocycles. The first kappa shape index (κ1) is 15.7. The number of likely N-dealkylation sites (N-methyl/N-ethyl adjacent to an activating group) is 1. The smallest absolute Gasteiger partial charge is 0.304 e. The van der Waals surface area contributed by atoms with Gasteiger partial charge >= 0.3 is 5.97 Å². The molecular weight excluding hydrogens is 240 g/mol. The first-order valence-electron chi connectivity index (χ1n) is 6.90. The van der Waals surface area contributed by atoms with Crippen molar-refractivity contribution in [2.45, 2.75) is 26.3 Å². The van der Waals surface area contributed by atoms with E-state index in [2.05, 4.69) is 36.2 Å². The van der Waals surface area contributed by atoms with Crippen LogP contribution in [-0.2, 0) is 4.79 Å². The van der Waals surface area contributed by atoms with E-state index < -0.39 is 5.97 Å². The van der Waals surface area contributed by atoms with Crippen molar-refractivity contribution in [2.75, 3.05) is 26.2 Å². The number of rotatable bonds is 9. The molecule has 0 radical (unpaired) electrons. The third-order valence-corrected chi connectivity index (χ3v) is 3.29. The van der Waals surface area contributed by atoms with Crippen LogP contribution in [0.5, 0.6) is 0 Å². The average Bonchev–Trinajstić information content (AvgIpc) is 2.43. The van der Waals surface area contributed by atoms with Gasteiger partial charge in [0.15, 0.2) is 0 Å². The van der Waals surface area contributed by atoms with Gasteiger partial charge in [0.2, 0.25) is 0 Å². The summed E-state index contributed by atoms with van der Waals surface area (Å²) in [5, 5.41) is 11.9. The Balaban J connectivity index is 2.62. The normalized spacial score (nSPS) is 12.6. The molecule has 2 N–H and O–H groups in total. The van der Waals surface area contributed by atoms with Crippen LogP contribution in [0.2, 0.25) is 0 Å². The van der Waals surface area contributed by atoms with E-state index in [-0.39, 0.29) is 6.42 Å². The SMILES string of the molecule is CCN(CC)C(CNCCC(=O)O)c1ccccc1. The molecular formula is C15H24N2O2. The van der Waals surface area contributed by atoms with Crippen LogP contribution in [-0.4, -0.2) is 42.2 Å². The molecule has 4 heteroatoms. The Morgan fingerprint density at radius 2 is 1.89 bits per heavy atom. The fourth-order valence-electron chi connectivity index (χ4n) is 2.23. The maximum atomic E-state index is 10.5. The molecule has 1 unspecified atom stereocenters. The van der Waals surface area contributed by atoms with Crippen LogP contribution in [0.15, 0.2) is 30.3 Å². The predicted molar refractivity (Wildman–Crippen MR) is 77.2 cm³/mol. The van der Waals surface area contributed by atoms with Gasteiger partial charge in [0.1, 0.15) is 0 Å². The molecule has 0 saturated heterocycles. The number of nitrogens with one attached hydrogen (secondary N) is 1. The van der Waals surface area contributed by atoms with E-state index in [4.69, 9.17) is 5.11 Å². The van der Waals surface area contributed by atoms with Gasteiger partial charge < -0.3 is 10.4 Å². The maximum absolute atomic E-state index is 10.5. The average molecular weight is 264 g/mol. The van der Waals surface area contributed by atoms with Crippen molar-refractivity contribution >= 4 is 5.97 Å². The molecule has 4 nitrogen and oxygen atoms in total. The molecule has 19 heavy (non-hydrogen) atoms. The quantitative estimate of drug-likeness (QED) is 0.671. The molecule has 0 aliphatic heterocycles. The summed E-state index contributed by atoms with van der Waals surface area (Å²) in [7, 11) is 0. The van der Waals surface area contributed by atoms with Crippen LogP contribution in [0.25, 0.3) is 0 Å². The largest absolute Gasteiger partial charge is 0.481 e. The van der Waals surface area contributed by atoms with Crippen LogP contribution in [0.1, 0.15) is 31.9 Å². The number of nitrogens with zero attached hydrogens (tertiary/aromatic N) is 1. The Bertz CT molecular complexity index is 364. The van der Waals surface area contributed by atoms with E-state index in [0.29, 0.717) is 12.6 Å². The van der Waals surface area contributed by atoms with Gasteiger partial charge in [-0.2, -0.15) is 0 Å². The van der Waals surface area contributed by atoms with Crippen molar-refractivity contribution in [3.05, 3.63) is 35.9 Å². The second-order valence-electron chi connectivity index (χ2n) is 4.50. The highest BCUT2D eigenvalue weighted by molar-refractivity contribution is 5.66. The monoisotopic (exact) mass is 264 g/mol. The van der Waals surface area contributed by atoms with Gasteiger partial charge in [0.25, 0.3) is 0 Å². The molecule has 1 rings (SSSR count). The molecule has 0 spiro atoms. The van der Waals surface area contributed by atoms with Crippen molar-refractivity contribution in [1.29, 1.82) is 0 Å². The summed E-state index contributed by atoms with van der Waals surface area (Å²) < 4.78 is 0. The molecule has 0 aliphatic rings. The number of hydrogen-bond acceptors (Lipinski definition) is 3. The highest BCUT2D eigenvalue weighted by atomic mass is 16.4. The molecule has 0 aromatic heterocycles. The van der Waals surface area contributed by atoms with Crippen molar-refractivity contribution < 1.29 is 9.90 Å². The number of carbonyl (C=O) groups is 1. The van der Waals surface area contributed by atoms with Gasteiger partial charge in [0, 0.05) is 19.1 Å². The molecule has 1 aromatic carbocycles. The van der Waals surface area contributed by atoms with Crippen LogP contribution < -0.4 is 5.32 Å². The van der Waals surface area contributed by atoms with Gasteiger partial charge in [0.05, 0.1) is 6.42 Å². The first-order valence-corrected chi connectivity index (χ1v) is 6.90. The summed E-state index contributed by atoms with van der Waals surface area (Å²) in [6.45, 7) is 7.56. The number of hydrogen-bond donors (Lipinski definition) is 2. The minimum Gasteiger partial charge on any atom is -0.481 e. The molecule has 0 saturated carbocycles. The number of carboxylic acid groups (broad SMARTS) is 1. The van der Waals surface area contributed by atoms with E-state index in [1.807, 2.05) is 18.2 Å². The lowest BCUT2D eigenvalue weighted by atomic mass is 10.1. The van der Waals surface area contributed by atoms with Crippen LogP contribution >= 0.6 is 0 Å². The second-order valence-corrected chi connectivity index (χ2v) is 4.50. The van der Waals surface area contributed by atoms with Crippen molar-refractivity contribution in [3.63, 3.8) is 0 Å². The summed E-state index contributed by atoms with van der Waals surface area (Å²) in [6, 6.07) is 10.7. The Morgan fingerprint density at radius 3 is 2.42 bits per heavy atom. The Morgan fingerprint density at radius 1 is 1.26 bits per heavy atom. The predicted octanol–water partition coefficient (Wildman–Crippen LogP) is 2.13. The third kappa shape index (κ3) is 5.41. The van der Waals surface area contributed by atoms with Gasteiger partial charge in [-0.25, -0.2) is 0 Å². The molecule has 0 fully saturated rings. The summed E-state index contributed by atoms with van der Waals surface area (Å²) in [5.41, 5.74) is 1.27. The van der Waals surface area contributed by atoms with E-state index in [9.17, 15) is 4.79 Å². The van der Waals surface area contributed by atoms with Gasteiger partial charge in [-0.1, -0.05) is 44.2 Å². The van der Waals surface area contributed by atoms with Gasteiger partial charge in [-0.05, 0) is 18.7 Å². The second kappa shape index (κ2) is 8.67. The van der Waals surface area contributed by atoms with Crippen molar-refractivity contribution in [2.24, 2.45) is 0 Å². The fraction of sp³-hybridized carbons (Fsp3) is 0.533. The van der Waals surface area contributed by atoms with E-state index in [1.54, 1.807) is 0 Å². The third-order valence-electron chi connectivity index (χ3n) is 3.29. The zero-order valence-electron chi connectivity index (χ0n) is 11.8. The maximum Gasteiger partial charge on any atom is 0.304 e. The zero-order valence-corrected chi connectivity index (χ0v) is 11.8. The standard InChI is InChI=1S/C15H24N2O2/c1-3-17(4-2)14(12-16-11-10-15(18)19)13-8-6-5-7-9-13/h5-9,14,16H,3-4,10-12H2,1-2H3,(H,18,19). The highest BCUT2D eigenvalue weighted by Crippen LogP contribution is 2.19. The number of carboxylic acids is 1. The van der Waals surface area contributed by atoms with Crippen molar-refractivity contribution in [3.8, 4) is 0 Å². The minimum atomic E-state index is -0.758. The first-order chi connectivity index (χ1) is 9.19. The Labute approximate surface area is 115 Å². The molecule has 0 heterocycles. The number of benzene rings is 1. The molecule has 0 bridgehead atoms. The molecule has 106 valence electrons. The lowest BCUT2D eigenvalue weighted by molar-refractivity contribution is -0.136. The summed E-state index contributed by atoms with van der Waals surface area (Å²) in [6.07, 6.45) is 0.166. The lowest BCUT2D eigenvalue weighted by Gasteiger charge is -2.30. The molecule has 0 amide bonds. The van der Waals surface area contributed by atoms with Crippen LogP contribution in [0.3, 0.4) is 0 Å². The molecule has 1 atom stereocenters. The fourth-order valence-corrected chi connectivity index (χ4v) is 2.23. The van der Waals surface area contributed by atoms with E-state index in [0.717, 1.165) is 19.6 Å². The summed E-state index contributed by atoms with van der Waals surface area (Å²) >= 11 is 0.